The maximum Gasteiger partial charge on any atom is 0.337 e. The number of carbonyl (C=O) groups excluding carboxylic acids is 1. The van der Waals surface area contributed by atoms with Crippen molar-refractivity contribution in [1.29, 1.82) is 0 Å². The number of methoxy groups -OCH3 is 1. The molecule has 1 aliphatic carbocycles. The van der Waals surface area contributed by atoms with Gasteiger partial charge in [-0.1, -0.05) is 6.08 Å². The molecule has 1 heterocycles. The van der Waals surface area contributed by atoms with Crippen molar-refractivity contribution in [3.63, 3.8) is 0 Å². The molecule has 0 unspecified atom stereocenters. The smallest absolute Gasteiger partial charge is 0.337 e. The summed E-state index contributed by atoms with van der Waals surface area (Å²) < 4.78 is 9.65. The monoisotopic (exact) mass is 226 g/mol. The third-order valence-corrected chi connectivity index (χ3v) is 3.14. The number of hydrogen-bond donors (Lipinski definition) is 2. The third-order valence-electron chi connectivity index (χ3n) is 3.14. The van der Waals surface area contributed by atoms with Gasteiger partial charge in [0.2, 0.25) is 6.29 Å². The van der Waals surface area contributed by atoms with E-state index in [1.54, 1.807) is 0 Å². The van der Waals surface area contributed by atoms with E-state index in [9.17, 15) is 9.90 Å². The summed E-state index contributed by atoms with van der Waals surface area (Å²) in [5.74, 6) is -0.947. The Morgan fingerprint density at radius 1 is 1.69 bits per heavy atom. The van der Waals surface area contributed by atoms with Gasteiger partial charge in [0.05, 0.1) is 31.5 Å². The first-order valence-electron chi connectivity index (χ1n) is 5.10. The number of esters is 1. The molecule has 2 aliphatic rings. The highest BCUT2D eigenvalue weighted by Crippen LogP contribution is 2.42. The van der Waals surface area contributed by atoms with E-state index in [2.05, 4.69) is 4.74 Å². The quantitative estimate of drug-likeness (QED) is 0.510. The summed E-state index contributed by atoms with van der Waals surface area (Å²) in [5.41, 5.74) is 1.13. The van der Waals surface area contributed by atoms with Gasteiger partial charge < -0.3 is 19.7 Å². The standard InChI is InChI=1S/C11H14O5/c1-15-10(13)8-5-16-11(14)9-6(4-12)2-3-7(8)9/h2,5,7,9,11-12,14H,3-4H2,1H3/t7-,9-,11+/m1/s1. The van der Waals surface area contributed by atoms with Crippen LogP contribution >= 0.6 is 0 Å². The minimum absolute atomic E-state index is 0.129. The van der Waals surface area contributed by atoms with Crippen molar-refractivity contribution in [3.8, 4) is 0 Å². The van der Waals surface area contributed by atoms with Crippen molar-refractivity contribution < 1.29 is 24.5 Å². The van der Waals surface area contributed by atoms with Crippen LogP contribution < -0.4 is 0 Å². The zero-order valence-electron chi connectivity index (χ0n) is 8.92. The Balaban J connectivity index is 2.26. The van der Waals surface area contributed by atoms with E-state index in [1.807, 2.05) is 6.08 Å². The number of rotatable bonds is 2. The molecule has 0 saturated heterocycles. The van der Waals surface area contributed by atoms with Crippen LogP contribution in [-0.2, 0) is 14.3 Å². The SMILES string of the molecule is COC(=O)C1=CO[C@H](O)[C@@H]2C(CO)=CC[C@H]12. The summed E-state index contributed by atoms with van der Waals surface area (Å²) >= 11 is 0. The molecule has 0 aromatic heterocycles. The van der Waals surface area contributed by atoms with Crippen molar-refractivity contribution in [3.05, 3.63) is 23.5 Å². The minimum Gasteiger partial charge on any atom is -0.472 e. The van der Waals surface area contributed by atoms with Crippen molar-refractivity contribution in [2.75, 3.05) is 13.7 Å². The van der Waals surface area contributed by atoms with Crippen LogP contribution in [0.4, 0.5) is 0 Å². The fraction of sp³-hybridized carbons (Fsp3) is 0.545. The second kappa shape index (κ2) is 4.27. The Morgan fingerprint density at radius 3 is 3.06 bits per heavy atom. The zero-order valence-corrected chi connectivity index (χ0v) is 8.92. The van der Waals surface area contributed by atoms with E-state index >= 15 is 0 Å². The summed E-state index contributed by atoms with van der Waals surface area (Å²) in [6.45, 7) is -0.129. The van der Waals surface area contributed by atoms with Crippen molar-refractivity contribution in [1.82, 2.24) is 0 Å². The van der Waals surface area contributed by atoms with Gasteiger partial charge in [0, 0.05) is 5.92 Å². The molecule has 5 heteroatoms. The van der Waals surface area contributed by atoms with Gasteiger partial charge in [-0.3, -0.25) is 0 Å². The van der Waals surface area contributed by atoms with Crippen LogP contribution in [-0.4, -0.2) is 36.2 Å². The number of hydrogen-bond acceptors (Lipinski definition) is 5. The lowest BCUT2D eigenvalue weighted by molar-refractivity contribution is -0.141. The van der Waals surface area contributed by atoms with Gasteiger partial charge in [0.25, 0.3) is 0 Å². The second-order valence-corrected chi connectivity index (χ2v) is 3.90. The number of aliphatic hydroxyl groups excluding tert-OH is 2. The highest BCUT2D eigenvalue weighted by molar-refractivity contribution is 5.89. The maximum absolute atomic E-state index is 11.5. The summed E-state index contributed by atoms with van der Waals surface area (Å²) in [5, 5.41) is 18.8. The average Bonchev–Trinajstić information content (AvgIpc) is 2.73. The number of carbonyl (C=O) groups is 1. The second-order valence-electron chi connectivity index (χ2n) is 3.90. The van der Waals surface area contributed by atoms with E-state index < -0.39 is 12.3 Å². The van der Waals surface area contributed by atoms with Crippen molar-refractivity contribution in [2.24, 2.45) is 11.8 Å². The van der Waals surface area contributed by atoms with Gasteiger partial charge in [-0.05, 0) is 12.0 Å². The first-order valence-corrected chi connectivity index (χ1v) is 5.10. The van der Waals surface area contributed by atoms with E-state index in [0.717, 1.165) is 0 Å². The molecule has 16 heavy (non-hydrogen) atoms. The van der Waals surface area contributed by atoms with Crippen molar-refractivity contribution in [2.45, 2.75) is 12.7 Å². The lowest BCUT2D eigenvalue weighted by Crippen LogP contribution is -2.35. The molecule has 2 rings (SSSR count). The fourth-order valence-electron chi connectivity index (χ4n) is 2.32. The van der Waals surface area contributed by atoms with Crippen LogP contribution in [0.3, 0.4) is 0 Å². The molecule has 0 spiro atoms. The summed E-state index contributed by atoms with van der Waals surface area (Å²) in [4.78, 5) is 11.5. The van der Waals surface area contributed by atoms with E-state index in [4.69, 9.17) is 9.84 Å². The summed E-state index contributed by atoms with van der Waals surface area (Å²) in [7, 11) is 1.30. The van der Waals surface area contributed by atoms with Crippen LogP contribution in [0, 0.1) is 11.8 Å². The van der Waals surface area contributed by atoms with Crippen LogP contribution in [0.15, 0.2) is 23.5 Å². The van der Waals surface area contributed by atoms with Crippen LogP contribution in [0.1, 0.15) is 6.42 Å². The number of fused-ring (bicyclic) bond motifs is 1. The Bertz CT molecular complexity index is 357. The normalized spacial score (nSPS) is 32.3. The van der Waals surface area contributed by atoms with Gasteiger partial charge in [-0.25, -0.2) is 4.79 Å². The Morgan fingerprint density at radius 2 is 2.44 bits per heavy atom. The van der Waals surface area contributed by atoms with E-state index in [1.165, 1.54) is 13.4 Å². The summed E-state index contributed by atoms with van der Waals surface area (Å²) in [6, 6.07) is 0. The molecule has 0 bridgehead atoms. The molecule has 0 radical (unpaired) electrons. The Labute approximate surface area is 93.0 Å². The predicted molar refractivity (Wildman–Crippen MR) is 54.0 cm³/mol. The zero-order chi connectivity index (χ0) is 11.7. The van der Waals surface area contributed by atoms with Crippen LogP contribution in [0.5, 0.6) is 0 Å². The number of aliphatic hydroxyl groups is 2. The van der Waals surface area contributed by atoms with Crippen LogP contribution in [0.25, 0.3) is 0 Å². The third kappa shape index (κ3) is 1.62. The molecule has 88 valence electrons. The lowest BCUT2D eigenvalue weighted by Gasteiger charge is -2.31. The Hall–Kier alpha value is -1.33. The molecule has 0 fully saturated rings. The largest absolute Gasteiger partial charge is 0.472 e. The molecule has 0 aromatic rings. The number of allylic oxidation sites excluding steroid dienone is 1. The molecule has 0 amide bonds. The molecule has 2 N–H and O–H groups in total. The molecule has 3 atom stereocenters. The lowest BCUT2D eigenvalue weighted by atomic mass is 9.83. The maximum atomic E-state index is 11.5. The molecule has 0 aromatic carbocycles. The highest BCUT2D eigenvalue weighted by Gasteiger charge is 2.43. The summed E-state index contributed by atoms with van der Waals surface area (Å²) in [6.07, 6.45) is 2.71. The van der Waals surface area contributed by atoms with Gasteiger partial charge in [-0.15, -0.1) is 0 Å². The van der Waals surface area contributed by atoms with Crippen LogP contribution in [0.2, 0.25) is 0 Å². The highest BCUT2D eigenvalue weighted by atomic mass is 16.6. The van der Waals surface area contributed by atoms with Gasteiger partial charge >= 0.3 is 5.97 Å². The molecule has 0 saturated carbocycles. The van der Waals surface area contributed by atoms with Gasteiger partial charge in [-0.2, -0.15) is 0 Å². The Kier molecular flexibility index (Phi) is 2.98. The minimum atomic E-state index is -1.00. The molecule has 1 aliphatic heterocycles. The fourth-order valence-corrected chi connectivity index (χ4v) is 2.32. The molecular weight excluding hydrogens is 212 g/mol. The molecular formula is C11H14O5. The topological polar surface area (TPSA) is 76.0 Å². The van der Waals surface area contributed by atoms with Gasteiger partial charge in [0.1, 0.15) is 0 Å². The molecule has 5 nitrogen and oxygen atoms in total. The van der Waals surface area contributed by atoms with E-state index in [0.29, 0.717) is 17.6 Å². The van der Waals surface area contributed by atoms with Gasteiger partial charge in [0.15, 0.2) is 0 Å². The first-order chi connectivity index (χ1) is 7.69. The number of ether oxygens (including phenoxy) is 2. The van der Waals surface area contributed by atoms with E-state index in [-0.39, 0.29) is 18.4 Å². The van der Waals surface area contributed by atoms with Crippen molar-refractivity contribution >= 4 is 5.97 Å². The predicted octanol–water partition coefficient (Wildman–Crippen LogP) is -0.0533. The first kappa shape index (κ1) is 11.2. The average molecular weight is 226 g/mol.